The third-order valence-electron chi connectivity index (χ3n) is 3.02. The Morgan fingerprint density at radius 3 is 2.48 bits per heavy atom. The molecule has 1 aromatic heterocycles. The molecule has 0 aliphatic carbocycles. The van der Waals surface area contributed by atoms with Crippen LogP contribution in [-0.4, -0.2) is 24.3 Å². The molecule has 0 spiro atoms. The van der Waals surface area contributed by atoms with Crippen LogP contribution in [0, 0.1) is 0 Å². The van der Waals surface area contributed by atoms with E-state index in [1.54, 1.807) is 0 Å². The van der Waals surface area contributed by atoms with Crippen LogP contribution in [0.2, 0.25) is 0 Å². The van der Waals surface area contributed by atoms with E-state index in [0.717, 1.165) is 24.4 Å². The van der Waals surface area contributed by atoms with Crippen molar-refractivity contribution >= 4 is 6.09 Å². The molecule has 1 heterocycles. The van der Waals surface area contributed by atoms with E-state index < -0.39 is 5.60 Å². The second-order valence-electron chi connectivity index (χ2n) is 6.09. The standard InChI is InChI=1S/C16H28N2O3/c1-6-12(10-18-15(19)21-16(3,4)5)17-11-14-9-8-13(7-2)20-14/h8-9,12,17H,6-7,10-11H2,1-5H3,(H,18,19). The van der Waals surface area contributed by atoms with Crippen molar-refractivity contribution in [3.63, 3.8) is 0 Å². The van der Waals surface area contributed by atoms with Gasteiger partial charge in [-0.25, -0.2) is 4.79 Å². The Labute approximate surface area is 127 Å². The van der Waals surface area contributed by atoms with Gasteiger partial charge in [-0.15, -0.1) is 0 Å². The topological polar surface area (TPSA) is 63.5 Å². The van der Waals surface area contributed by atoms with E-state index in [1.165, 1.54) is 0 Å². The first-order valence-corrected chi connectivity index (χ1v) is 7.61. The molecule has 2 N–H and O–H groups in total. The van der Waals surface area contributed by atoms with Crippen LogP contribution in [0.5, 0.6) is 0 Å². The van der Waals surface area contributed by atoms with Crippen LogP contribution < -0.4 is 10.6 Å². The van der Waals surface area contributed by atoms with Gasteiger partial charge in [-0.05, 0) is 39.3 Å². The summed E-state index contributed by atoms with van der Waals surface area (Å²) >= 11 is 0. The number of hydrogen-bond acceptors (Lipinski definition) is 4. The summed E-state index contributed by atoms with van der Waals surface area (Å²) < 4.78 is 10.9. The summed E-state index contributed by atoms with van der Waals surface area (Å²) in [5.74, 6) is 1.91. The van der Waals surface area contributed by atoms with Gasteiger partial charge in [-0.3, -0.25) is 0 Å². The first-order chi connectivity index (χ1) is 9.84. The normalized spacial score (nSPS) is 13.0. The van der Waals surface area contributed by atoms with Crippen molar-refractivity contribution in [2.45, 2.75) is 65.6 Å². The summed E-state index contributed by atoms with van der Waals surface area (Å²) in [6.07, 6.45) is 1.43. The quantitative estimate of drug-likeness (QED) is 0.811. The van der Waals surface area contributed by atoms with Crippen LogP contribution in [0.3, 0.4) is 0 Å². The second-order valence-corrected chi connectivity index (χ2v) is 6.09. The Balaban J connectivity index is 2.33. The maximum atomic E-state index is 11.6. The minimum atomic E-state index is -0.468. The molecule has 5 nitrogen and oxygen atoms in total. The smallest absolute Gasteiger partial charge is 0.407 e. The first kappa shape index (κ1) is 17.6. The number of ether oxygens (including phenoxy) is 1. The average Bonchev–Trinajstić information content (AvgIpc) is 2.85. The monoisotopic (exact) mass is 296 g/mol. The van der Waals surface area contributed by atoms with Gasteiger partial charge in [-0.1, -0.05) is 13.8 Å². The third kappa shape index (κ3) is 7.18. The van der Waals surface area contributed by atoms with Crippen molar-refractivity contribution in [3.05, 3.63) is 23.7 Å². The largest absolute Gasteiger partial charge is 0.465 e. The highest BCUT2D eigenvalue weighted by molar-refractivity contribution is 5.67. The van der Waals surface area contributed by atoms with E-state index in [4.69, 9.17) is 9.15 Å². The van der Waals surface area contributed by atoms with Crippen molar-refractivity contribution in [2.75, 3.05) is 6.54 Å². The number of aryl methyl sites for hydroxylation is 1. The molecule has 0 radical (unpaired) electrons. The molecular formula is C16H28N2O3. The maximum absolute atomic E-state index is 11.6. The van der Waals surface area contributed by atoms with Crippen LogP contribution >= 0.6 is 0 Å². The van der Waals surface area contributed by atoms with Crippen LogP contribution in [0.25, 0.3) is 0 Å². The first-order valence-electron chi connectivity index (χ1n) is 7.61. The predicted molar refractivity (Wildman–Crippen MR) is 83.2 cm³/mol. The van der Waals surface area contributed by atoms with Crippen molar-refractivity contribution in [1.82, 2.24) is 10.6 Å². The number of rotatable bonds is 7. The summed E-state index contributed by atoms with van der Waals surface area (Å²) in [6.45, 7) is 10.9. The van der Waals surface area contributed by atoms with Gasteiger partial charge >= 0.3 is 6.09 Å². The number of nitrogens with one attached hydrogen (secondary N) is 2. The van der Waals surface area contributed by atoms with Gasteiger partial charge in [0.2, 0.25) is 0 Å². The fourth-order valence-corrected chi connectivity index (χ4v) is 1.83. The van der Waals surface area contributed by atoms with Gasteiger partial charge in [0.25, 0.3) is 0 Å². The van der Waals surface area contributed by atoms with Gasteiger partial charge in [0.1, 0.15) is 17.1 Å². The van der Waals surface area contributed by atoms with E-state index in [9.17, 15) is 4.79 Å². The molecule has 0 fully saturated rings. The van der Waals surface area contributed by atoms with Crippen LogP contribution in [0.1, 0.15) is 52.6 Å². The fraction of sp³-hybridized carbons (Fsp3) is 0.688. The lowest BCUT2D eigenvalue weighted by atomic mass is 10.2. The van der Waals surface area contributed by atoms with Crippen molar-refractivity contribution < 1.29 is 13.9 Å². The molecule has 1 unspecified atom stereocenters. The summed E-state index contributed by atoms with van der Waals surface area (Å²) in [6, 6.07) is 4.17. The average molecular weight is 296 g/mol. The minimum absolute atomic E-state index is 0.188. The van der Waals surface area contributed by atoms with Crippen LogP contribution in [0.15, 0.2) is 16.5 Å². The Kier molecular flexibility index (Phi) is 6.75. The predicted octanol–water partition coefficient (Wildman–Crippen LogP) is 3.23. The van der Waals surface area contributed by atoms with Crippen molar-refractivity contribution in [2.24, 2.45) is 0 Å². The Bertz CT molecular complexity index is 435. The molecule has 1 amide bonds. The number of furan rings is 1. The second kappa shape index (κ2) is 8.08. The molecule has 1 rings (SSSR count). The number of carbonyl (C=O) groups excluding carboxylic acids is 1. The van der Waals surface area contributed by atoms with Crippen molar-refractivity contribution in [1.29, 1.82) is 0 Å². The summed E-state index contributed by atoms with van der Waals surface area (Å²) in [5.41, 5.74) is -0.468. The molecule has 0 aliphatic rings. The molecular weight excluding hydrogens is 268 g/mol. The van der Waals surface area contributed by atoms with Gasteiger partial charge in [0.05, 0.1) is 6.54 Å². The van der Waals surface area contributed by atoms with Gasteiger partial charge in [0, 0.05) is 19.0 Å². The highest BCUT2D eigenvalue weighted by Gasteiger charge is 2.17. The zero-order valence-electron chi connectivity index (χ0n) is 13.8. The third-order valence-corrected chi connectivity index (χ3v) is 3.02. The molecule has 0 saturated carbocycles. The van der Waals surface area contributed by atoms with Crippen LogP contribution in [0.4, 0.5) is 4.79 Å². The van der Waals surface area contributed by atoms with Gasteiger partial charge in [0.15, 0.2) is 0 Å². The maximum Gasteiger partial charge on any atom is 0.407 e. The number of carbonyl (C=O) groups is 1. The van der Waals surface area contributed by atoms with E-state index in [0.29, 0.717) is 13.1 Å². The summed E-state index contributed by atoms with van der Waals surface area (Å²) in [4.78, 5) is 11.6. The zero-order valence-corrected chi connectivity index (χ0v) is 13.8. The van der Waals surface area contributed by atoms with E-state index in [-0.39, 0.29) is 12.1 Å². The molecule has 1 aromatic rings. The number of amides is 1. The number of alkyl carbamates (subject to hydrolysis) is 1. The van der Waals surface area contributed by atoms with E-state index in [2.05, 4.69) is 24.5 Å². The Hall–Kier alpha value is -1.49. The van der Waals surface area contributed by atoms with Crippen LogP contribution in [-0.2, 0) is 17.7 Å². The molecule has 5 heteroatoms. The van der Waals surface area contributed by atoms with Gasteiger partial charge < -0.3 is 19.8 Å². The fourth-order valence-electron chi connectivity index (χ4n) is 1.83. The Morgan fingerprint density at radius 2 is 1.95 bits per heavy atom. The van der Waals surface area contributed by atoms with E-state index in [1.807, 2.05) is 32.9 Å². The molecule has 1 atom stereocenters. The highest BCUT2D eigenvalue weighted by atomic mass is 16.6. The molecule has 0 aliphatic heterocycles. The summed E-state index contributed by atoms with van der Waals surface area (Å²) in [7, 11) is 0. The molecule has 0 bridgehead atoms. The molecule has 120 valence electrons. The lowest BCUT2D eigenvalue weighted by Gasteiger charge is -2.22. The zero-order chi connectivity index (χ0) is 15.9. The summed E-state index contributed by atoms with van der Waals surface area (Å²) in [5, 5.41) is 6.17. The SMILES string of the molecule is CCc1ccc(CNC(CC)CNC(=O)OC(C)(C)C)o1. The Morgan fingerprint density at radius 1 is 1.29 bits per heavy atom. The lowest BCUT2D eigenvalue weighted by Crippen LogP contribution is -2.42. The highest BCUT2D eigenvalue weighted by Crippen LogP contribution is 2.09. The molecule has 0 saturated heterocycles. The lowest BCUT2D eigenvalue weighted by molar-refractivity contribution is 0.0522. The van der Waals surface area contributed by atoms with Gasteiger partial charge in [-0.2, -0.15) is 0 Å². The molecule has 21 heavy (non-hydrogen) atoms. The van der Waals surface area contributed by atoms with E-state index >= 15 is 0 Å². The minimum Gasteiger partial charge on any atom is -0.465 e. The van der Waals surface area contributed by atoms with Crippen molar-refractivity contribution in [3.8, 4) is 0 Å². The molecule has 0 aromatic carbocycles. The number of hydrogen-bond donors (Lipinski definition) is 2.